The van der Waals surface area contributed by atoms with Crippen molar-refractivity contribution in [2.45, 2.75) is 13.5 Å². The lowest BCUT2D eigenvalue weighted by Crippen LogP contribution is -2.46. The van der Waals surface area contributed by atoms with Gasteiger partial charge < -0.3 is 24.6 Å². The van der Waals surface area contributed by atoms with Crippen molar-refractivity contribution in [1.82, 2.24) is 4.90 Å². The van der Waals surface area contributed by atoms with Gasteiger partial charge in [0.25, 0.3) is 5.91 Å². The lowest BCUT2D eigenvalue weighted by molar-refractivity contribution is -0.0512. The van der Waals surface area contributed by atoms with Gasteiger partial charge in [0.05, 0.1) is 18.5 Å². The first-order valence-corrected chi connectivity index (χ1v) is 10.00. The van der Waals surface area contributed by atoms with Crippen molar-refractivity contribution >= 4 is 28.9 Å². The molecule has 0 atom stereocenters. The Morgan fingerprint density at radius 3 is 2.50 bits per heavy atom. The minimum absolute atomic E-state index is 0.115. The summed E-state index contributed by atoms with van der Waals surface area (Å²) in [6.45, 7) is 3.61. The predicted molar refractivity (Wildman–Crippen MR) is 113 cm³/mol. The van der Waals surface area contributed by atoms with Crippen molar-refractivity contribution in [3.63, 3.8) is 0 Å². The molecular weight excluding hydrogens is 416 g/mol. The number of alkyl halides is 2. The molecular formula is C21H24ClF2N3O3. The maximum Gasteiger partial charge on any atom is 0.387 e. The van der Waals surface area contributed by atoms with Crippen molar-refractivity contribution in [3.05, 3.63) is 47.0 Å². The Morgan fingerprint density at radius 2 is 1.87 bits per heavy atom. The molecule has 2 aromatic carbocycles. The van der Waals surface area contributed by atoms with E-state index < -0.39 is 12.5 Å². The fourth-order valence-corrected chi connectivity index (χ4v) is 3.56. The summed E-state index contributed by atoms with van der Waals surface area (Å²) in [6.07, 6.45) is 0. The molecule has 1 saturated heterocycles. The van der Waals surface area contributed by atoms with Crippen LogP contribution in [0, 0.1) is 0 Å². The molecule has 1 fully saturated rings. The monoisotopic (exact) mass is 439 g/mol. The number of rotatable bonds is 7. The smallest absolute Gasteiger partial charge is 0.387 e. The van der Waals surface area contributed by atoms with Crippen molar-refractivity contribution in [1.29, 1.82) is 0 Å². The number of benzene rings is 2. The number of nitrogens with zero attached hydrogens (tertiary/aromatic N) is 2. The fourth-order valence-electron chi connectivity index (χ4n) is 3.39. The van der Waals surface area contributed by atoms with Crippen LogP contribution >= 0.6 is 11.6 Å². The van der Waals surface area contributed by atoms with Crippen LogP contribution in [0.2, 0.25) is 5.02 Å². The second-order valence-electron chi connectivity index (χ2n) is 6.78. The van der Waals surface area contributed by atoms with Gasteiger partial charge in [0, 0.05) is 36.8 Å². The first-order valence-electron chi connectivity index (χ1n) is 9.62. The van der Waals surface area contributed by atoms with Crippen LogP contribution in [0.5, 0.6) is 11.5 Å². The zero-order valence-electron chi connectivity index (χ0n) is 16.8. The lowest BCUT2D eigenvalue weighted by Gasteiger charge is -2.36. The highest BCUT2D eigenvalue weighted by Crippen LogP contribution is 2.32. The average Bonchev–Trinajstić information content (AvgIpc) is 2.73. The number of carbonyl (C=O) groups is 1. The highest BCUT2D eigenvalue weighted by atomic mass is 35.5. The highest BCUT2D eigenvalue weighted by molar-refractivity contribution is 6.31. The van der Waals surface area contributed by atoms with Crippen LogP contribution in [-0.2, 0) is 0 Å². The van der Waals surface area contributed by atoms with E-state index >= 15 is 0 Å². The molecule has 0 aliphatic carbocycles. The molecule has 1 aliphatic heterocycles. The second-order valence-corrected chi connectivity index (χ2v) is 7.22. The predicted octanol–water partition coefficient (Wildman–Crippen LogP) is 4.34. The summed E-state index contributed by atoms with van der Waals surface area (Å²) in [7, 11) is 1.34. The molecule has 0 bridgehead atoms. The maximum atomic E-state index is 12.8. The van der Waals surface area contributed by atoms with E-state index in [0.717, 1.165) is 38.4 Å². The summed E-state index contributed by atoms with van der Waals surface area (Å²) in [5, 5.41) is 3.33. The fraction of sp³-hybridized carbons (Fsp3) is 0.381. The maximum absolute atomic E-state index is 12.8. The van der Waals surface area contributed by atoms with Gasteiger partial charge in [0.1, 0.15) is 0 Å². The molecule has 6 nitrogen and oxygen atoms in total. The normalized spacial score (nSPS) is 14.7. The van der Waals surface area contributed by atoms with Crippen molar-refractivity contribution in [2.24, 2.45) is 0 Å². The molecule has 0 unspecified atom stereocenters. The van der Waals surface area contributed by atoms with Crippen molar-refractivity contribution in [3.8, 4) is 11.5 Å². The minimum Gasteiger partial charge on any atom is -0.493 e. The van der Waals surface area contributed by atoms with Gasteiger partial charge in [-0.15, -0.1) is 0 Å². The van der Waals surface area contributed by atoms with Crippen LogP contribution in [0.3, 0.4) is 0 Å². The first kappa shape index (κ1) is 22.1. The third-order valence-electron chi connectivity index (χ3n) is 5.01. The van der Waals surface area contributed by atoms with Gasteiger partial charge in [0.15, 0.2) is 11.5 Å². The van der Waals surface area contributed by atoms with E-state index in [2.05, 4.69) is 26.8 Å². The number of methoxy groups -OCH3 is 1. The van der Waals surface area contributed by atoms with Gasteiger partial charge in [-0.1, -0.05) is 18.5 Å². The summed E-state index contributed by atoms with van der Waals surface area (Å²) >= 11 is 6.15. The molecule has 1 aliphatic rings. The zero-order valence-corrected chi connectivity index (χ0v) is 17.6. The van der Waals surface area contributed by atoms with Crippen LogP contribution in [0.15, 0.2) is 36.4 Å². The molecule has 0 spiro atoms. The molecule has 0 radical (unpaired) electrons. The molecule has 30 heavy (non-hydrogen) atoms. The summed E-state index contributed by atoms with van der Waals surface area (Å²) in [5.74, 6) is -0.557. The standard InChI is InChI=1S/C21H24ClF2N3O3/c1-3-26-8-10-27(11-9-26)17-6-5-15(22)13-16(17)25-20(28)14-4-7-18(29-2)19(12-14)30-21(23)24/h4-7,12-13,21H,3,8-11H2,1-2H3,(H,25,28). The number of anilines is 2. The van der Waals surface area contributed by atoms with E-state index in [1.807, 2.05) is 6.07 Å². The van der Waals surface area contributed by atoms with Gasteiger partial charge in [-0.2, -0.15) is 8.78 Å². The van der Waals surface area contributed by atoms with E-state index in [1.54, 1.807) is 12.1 Å². The molecule has 2 aromatic rings. The van der Waals surface area contributed by atoms with Gasteiger partial charge in [-0.05, 0) is 42.9 Å². The van der Waals surface area contributed by atoms with Crippen LogP contribution < -0.4 is 19.7 Å². The number of nitrogens with one attached hydrogen (secondary N) is 1. The number of hydrogen-bond acceptors (Lipinski definition) is 5. The summed E-state index contributed by atoms with van der Waals surface area (Å²) in [4.78, 5) is 17.4. The zero-order chi connectivity index (χ0) is 21.7. The Bertz CT molecular complexity index is 890. The van der Waals surface area contributed by atoms with E-state index in [9.17, 15) is 13.6 Å². The Balaban J connectivity index is 1.82. The van der Waals surface area contributed by atoms with Gasteiger partial charge in [-0.3, -0.25) is 4.79 Å². The van der Waals surface area contributed by atoms with Crippen LogP contribution in [0.1, 0.15) is 17.3 Å². The SMILES string of the molecule is CCN1CCN(c2ccc(Cl)cc2NC(=O)c2ccc(OC)c(OC(F)F)c2)CC1. The number of ether oxygens (including phenoxy) is 2. The Labute approximate surface area is 179 Å². The van der Waals surface area contributed by atoms with E-state index in [0.29, 0.717) is 10.7 Å². The molecule has 0 aromatic heterocycles. The molecule has 1 N–H and O–H groups in total. The van der Waals surface area contributed by atoms with Gasteiger partial charge in [-0.25, -0.2) is 0 Å². The summed E-state index contributed by atoms with van der Waals surface area (Å²) < 4.78 is 34.8. The number of piperazine rings is 1. The quantitative estimate of drug-likeness (QED) is 0.695. The Kier molecular flexibility index (Phi) is 7.33. The third kappa shape index (κ3) is 5.31. The van der Waals surface area contributed by atoms with Gasteiger partial charge in [0.2, 0.25) is 0 Å². The molecule has 0 saturated carbocycles. The number of halogens is 3. The van der Waals surface area contributed by atoms with E-state index in [4.69, 9.17) is 16.3 Å². The minimum atomic E-state index is -3.03. The number of amides is 1. The summed E-state index contributed by atoms with van der Waals surface area (Å²) in [6, 6.07) is 9.46. The Hall–Kier alpha value is -2.58. The average molecular weight is 440 g/mol. The molecule has 9 heteroatoms. The van der Waals surface area contributed by atoms with Crippen molar-refractivity contribution < 1.29 is 23.0 Å². The number of hydrogen-bond donors (Lipinski definition) is 1. The molecule has 1 amide bonds. The number of carbonyl (C=O) groups excluding carboxylic acids is 1. The van der Waals surface area contributed by atoms with Crippen LogP contribution in [0.4, 0.5) is 20.2 Å². The molecule has 3 rings (SSSR count). The third-order valence-corrected chi connectivity index (χ3v) is 5.24. The van der Waals surface area contributed by atoms with Gasteiger partial charge >= 0.3 is 6.61 Å². The first-order chi connectivity index (χ1) is 14.4. The topological polar surface area (TPSA) is 54.0 Å². The van der Waals surface area contributed by atoms with Crippen LogP contribution in [-0.4, -0.2) is 57.3 Å². The largest absolute Gasteiger partial charge is 0.493 e. The summed E-state index contributed by atoms with van der Waals surface area (Å²) in [5.41, 5.74) is 1.58. The van der Waals surface area contributed by atoms with E-state index in [-0.39, 0.29) is 17.1 Å². The van der Waals surface area contributed by atoms with Crippen molar-refractivity contribution in [2.75, 3.05) is 50.1 Å². The Morgan fingerprint density at radius 1 is 1.13 bits per heavy atom. The highest BCUT2D eigenvalue weighted by Gasteiger charge is 2.20. The van der Waals surface area contributed by atoms with E-state index in [1.165, 1.54) is 25.3 Å². The second kappa shape index (κ2) is 9.95. The molecule has 1 heterocycles. The molecule has 162 valence electrons. The van der Waals surface area contributed by atoms with Crippen LogP contribution in [0.25, 0.3) is 0 Å². The number of likely N-dealkylation sites (N-methyl/N-ethyl adjacent to an activating group) is 1. The lowest BCUT2D eigenvalue weighted by atomic mass is 10.1.